The van der Waals surface area contributed by atoms with Crippen molar-refractivity contribution < 1.29 is 14.1 Å². The molecule has 9 heteroatoms. The molecule has 0 aliphatic heterocycles. The summed E-state index contributed by atoms with van der Waals surface area (Å²) in [5.74, 6) is -0.0522. The molecule has 3 rings (SSSR count). The van der Waals surface area contributed by atoms with Crippen molar-refractivity contribution >= 4 is 29.0 Å². The zero-order valence-electron chi connectivity index (χ0n) is 12.8. The Hall–Kier alpha value is -3.20. The molecule has 0 radical (unpaired) electrons. The number of benzene rings is 2. The van der Waals surface area contributed by atoms with Crippen molar-refractivity contribution in [1.29, 1.82) is 0 Å². The van der Waals surface area contributed by atoms with Gasteiger partial charge < -0.3 is 9.73 Å². The van der Waals surface area contributed by atoms with Crippen LogP contribution in [0.3, 0.4) is 0 Å². The molecule has 0 aliphatic carbocycles. The van der Waals surface area contributed by atoms with Crippen LogP contribution in [0.1, 0.15) is 0 Å². The highest BCUT2D eigenvalue weighted by Gasteiger charge is 2.16. The van der Waals surface area contributed by atoms with Gasteiger partial charge in [-0.25, -0.2) is 0 Å². The van der Waals surface area contributed by atoms with Crippen LogP contribution in [-0.4, -0.2) is 26.8 Å². The maximum atomic E-state index is 12.0. The highest BCUT2D eigenvalue weighted by molar-refractivity contribution is 7.99. The van der Waals surface area contributed by atoms with Gasteiger partial charge in [-0.15, -0.1) is 10.2 Å². The summed E-state index contributed by atoms with van der Waals surface area (Å²) >= 11 is 1.06. The van der Waals surface area contributed by atoms with E-state index >= 15 is 0 Å². The molecule has 126 valence electrons. The minimum absolute atomic E-state index is 0.0114. The summed E-state index contributed by atoms with van der Waals surface area (Å²) in [6, 6.07) is 15.2. The van der Waals surface area contributed by atoms with Gasteiger partial charge in [0.15, 0.2) is 0 Å². The number of para-hydroxylation sites is 2. The number of hydrogen-bond donors (Lipinski definition) is 1. The molecule has 3 aromatic rings. The fourth-order valence-corrected chi connectivity index (χ4v) is 2.58. The van der Waals surface area contributed by atoms with Gasteiger partial charge in [0.1, 0.15) is 5.69 Å². The number of carbonyl (C=O) groups is 1. The number of nitrogens with zero attached hydrogens (tertiary/aromatic N) is 3. The normalized spacial score (nSPS) is 10.4. The van der Waals surface area contributed by atoms with Gasteiger partial charge >= 0.3 is 0 Å². The number of carbonyl (C=O) groups excluding carboxylic acids is 1. The number of nitro benzene ring substituents is 1. The number of amides is 1. The minimum Gasteiger partial charge on any atom is -0.411 e. The number of hydrogen-bond acceptors (Lipinski definition) is 7. The van der Waals surface area contributed by atoms with Gasteiger partial charge in [0.25, 0.3) is 10.9 Å². The van der Waals surface area contributed by atoms with E-state index in [0.29, 0.717) is 5.89 Å². The lowest BCUT2D eigenvalue weighted by molar-refractivity contribution is -0.383. The molecular formula is C16H12N4O4S. The van der Waals surface area contributed by atoms with Crippen molar-refractivity contribution in [2.75, 3.05) is 11.1 Å². The molecule has 0 bridgehead atoms. The van der Waals surface area contributed by atoms with Crippen molar-refractivity contribution in [1.82, 2.24) is 10.2 Å². The lowest BCUT2D eigenvalue weighted by atomic mass is 10.2. The SMILES string of the molecule is O=C(CSc1nnc(-c2ccccc2)o1)Nc1ccccc1[N+](=O)[O-]. The van der Waals surface area contributed by atoms with Crippen molar-refractivity contribution in [3.63, 3.8) is 0 Å². The van der Waals surface area contributed by atoms with Crippen molar-refractivity contribution in [3.8, 4) is 11.5 Å². The van der Waals surface area contributed by atoms with E-state index in [0.717, 1.165) is 17.3 Å². The lowest BCUT2D eigenvalue weighted by Crippen LogP contribution is -2.15. The summed E-state index contributed by atoms with van der Waals surface area (Å²) in [6.07, 6.45) is 0. The van der Waals surface area contributed by atoms with Gasteiger partial charge in [0.05, 0.1) is 10.7 Å². The highest BCUT2D eigenvalue weighted by Crippen LogP contribution is 2.25. The summed E-state index contributed by atoms with van der Waals surface area (Å²) in [5, 5.41) is 21.5. The molecule has 0 atom stereocenters. The van der Waals surface area contributed by atoms with E-state index in [2.05, 4.69) is 15.5 Å². The topological polar surface area (TPSA) is 111 Å². The van der Waals surface area contributed by atoms with Crippen LogP contribution in [0.2, 0.25) is 0 Å². The molecular weight excluding hydrogens is 344 g/mol. The fraction of sp³-hybridized carbons (Fsp3) is 0.0625. The molecule has 0 unspecified atom stereocenters. The van der Waals surface area contributed by atoms with Gasteiger partial charge in [-0.05, 0) is 18.2 Å². The van der Waals surface area contributed by atoms with E-state index in [1.807, 2.05) is 30.3 Å². The Morgan fingerprint density at radius 3 is 2.60 bits per heavy atom. The average Bonchev–Trinajstić information content (AvgIpc) is 3.10. The van der Waals surface area contributed by atoms with Crippen LogP contribution in [0.4, 0.5) is 11.4 Å². The van der Waals surface area contributed by atoms with Crippen LogP contribution < -0.4 is 5.32 Å². The zero-order chi connectivity index (χ0) is 17.6. The van der Waals surface area contributed by atoms with E-state index in [4.69, 9.17) is 4.42 Å². The second-order valence-corrected chi connectivity index (χ2v) is 5.78. The minimum atomic E-state index is -0.549. The van der Waals surface area contributed by atoms with Gasteiger partial charge in [-0.3, -0.25) is 14.9 Å². The summed E-state index contributed by atoms with van der Waals surface area (Å²) in [5.41, 5.74) is 0.768. The molecule has 1 aromatic heterocycles. The van der Waals surface area contributed by atoms with E-state index in [-0.39, 0.29) is 22.4 Å². The first kappa shape index (κ1) is 16.7. The van der Waals surface area contributed by atoms with Gasteiger partial charge in [0.2, 0.25) is 11.8 Å². The maximum Gasteiger partial charge on any atom is 0.292 e. The summed E-state index contributed by atoms with van der Waals surface area (Å²) in [7, 11) is 0. The third kappa shape index (κ3) is 4.21. The highest BCUT2D eigenvalue weighted by atomic mass is 32.2. The third-order valence-electron chi connectivity index (χ3n) is 3.13. The third-order valence-corrected chi connectivity index (χ3v) is 3.95. The number of rotatable bonds is 6. The molecule has 8 nitrogen and oxygen atoms in total. The van der Waals surface area contributed by atoms with Gasteiger partial charge in [0, 0.05) is 11.6 Å². The van der Waals surface area contributed by atoms with E-state index in [9.17, 15) is 14.9 Å². The Morgan fingerprint density at radius 2 is 1.84 bits per heavy atom. The smallest absolute Gasteiger partial charge is 0.292 e. The quantitative estimate of drug-likeness (QED) is 0.409. The summed E-state index contributed by atoms with van der Waals surface area (Å²) < 4.78 is 5.48. The van der Waals surface area contributed by atoms with Crippen LogP contribution in [0, 0.1) is 10.1 Å². The second-order valence-electron chi connectivity index (χ2n) is 4.85. The summed E-state index contributed by atoms with van der Waals surface area (Å²) in [6.45, 7) is 0. The molecule has 1 amide bonds. The fourth-order valence-electron chi connectivity index (χ4n) is 2.02. The number of anilines is 1. The molecule has 1 heterocycles. The van der Waals surface area contributed by atoms with Crippen LogP contribution >= 0.6 is 11.8 Å². The Morgan fingerprint density at radius 1 is 1.12 bits per heavy atom. The van der Waals surface area contributed by atoms with E-state index < -0.39 is 10.8 Å². The van der Waals surface area contributed by atoms with Crippen molar-refractivity contribution in [2.24, 2.45) is 0 Å². The Balaban J connectivity index is 1.60. The zero-order valence-corrected chi connectivity index (χ0v) is 13.6. The number of thioether (sulfide) groups is 1. The molecule has 25 heavy (non-hydrogen) atoms. The van der Waals surface area contributed by atoms with Gasteiger partial charge in [-0.1, -0.05) is 42.1 Å². The van der Waals surface area contributed by atoms with Crippen molar-refractivity contribution in [2.45, 2.75) is 5.22 Å². The van der Waals surface area contributed by atoms with E-state index in [1.165, 1.54) is 18.2 Å². The monoisotopic (exact) mass is 356 g/mol. The Labute approximate surface area is 146 Å². The molecule has 0 saturated carbocycles. The predicted octanol–water partition coefficient (Wildman–Crippen LogP) is 3.38. The van der Waals surface area contributed by atoms with Gasteiger partial charge in [-0.2, -0.15) is 0 Å². The van der Waals surface area contributed by atoms with E-state index in [1.54, 1.807) is 6.07 Å². The molecule has 2 aromatic carbocycles. The molecule has 0 aliphatic rings. The molecule has 1 N–H and O–H groups in total. The number of nitro groups is 1. The van der Waals surface area contributed by atoms with Crippen LogP contribution in [-0.2, 0) is 4.79 Å². The molecule has 0 spiro atoms. The predicted molar refractivity (Wildman–Crippen MR) is 92.2 cm³/mol. The lowest BCUT2D eigenvalue weighted by Gasteiger charge is -2.04. The summed E-state index contributed by atoms with van der Waals surface area (Å²) in [4.78, 5) is 22.4. The largest absolute Gasteiger partial charge is 0.411 e. The standard InChI is InChI=1S/C16H12N4O4S/c21-14(17-12-8-4-5-9-13(12)20(22)23)10-25-16-19-18-15(24-16)11-6-2-1-3-7-11/h1-9H,10H2,(H,17,21). The van der Waals surface area contributed by atoms with Crippen LogP contribution in [0.5, 0.6) is 0 Å². The Kier molecular flexibility index (Phi) is 5.05. The van der Waals surface area contributed by atoms with Crippen LogP contribution in [0.25, 0.3) is 11.5 Å². The second kappa shape index (κ2) is 7.58. The first-order valence-corrected chi connectivity index (χ1v) is 8.17. The van der Waals surface area contributed by atoms with Crippen molar-refractivity contribution in [3.05, 3.63) is 64.7 Å². The first-order valence-electron chi connectivity index (χ1n) is 7.18. The molecule has 0 fully saturated rings. The average molecular weight is 356 g/mol. The number of aromatic nitrogens is 2. The van der Waals surface area contributed by atoms with Crippen LogP contribution in [0.15, 0.2) is 64.2 Å². The Bertz CT molecular complexity index is 898. The molecule has 0 saturated heterocycles. The first-order chi connectivity index (χ1) is 12.1. The number of nitrogens with one attached hydrogen (secondary N) is 1. The maximum absolute atomic E-state index is 12.0.